The quantitative estimate of drug-likeness (QED) is 0.661. The maximum atomic E-state index is 12.5. The van der Waals surface area contributed by atoms with Crippen molar-refractivity contribution in [3.63, 3.8) is 0 Å². The van der Waals surface area contributed by atoms with Crippen LogP contribution in [0.3, 0.4) is 0 Å². The van der Waals surface area contributed by atoms with Crippen molar-refractivity contribution in [2.75, 3.05) is 72.2 Å². The fraction of sp³-hybridized carbons (Fsp3) is 0.950. The lowest BCUT2D eigenvalue weighted by Crippen LogP contribution is -2.51. The molecule has 3 heterocycles. The Morgan fingerprint density at radius 2 is 1.70 bits per heavy atom. The van der Waals surface area contributed by atoms with Crippen LogP contribution >= 0.6 is 0 Å². The van der Waals surface area contributed by atoms with E-state index in [1.807, 2.05) is 0 Å². The molecule has 7 heteroatoms. The number of hydrogen-bond acceptors (Lipinski definition) is 6. The lowest BCUT2D eigenvalue weighted by molar-refractivity contribution is -0.132. The molecule has 0 radical (unpaired) electrons. The first-order chi connectivity index (χ1) is 13.2. The zero-order valence-electron chi connectivity index (χ0n) is 16.7. The van der Waals surface area contributed by atoms with Gasteiger partial charge in [-0.25, -0.2) is 0 Å². The van der Waals surface area contributed by atoms with E-state index in [4.69, 9.17) is 9.47 Å². The Morgan fingerprint density at radius 3 is 2.37 bits per heavy atom. The van der Waals surface area contributed by atoms with E-state index in [0.29, 0.717) is 26.3 Å². The minimum atomic E-state index is -0.461. The maximum Gasteiger partial charge on any atom is 0.236 e. The summed E-state index contributed by atoms with van der Waals surface area (Å²) in [6.45, 7) is 8.41. The van der Waals surface area contributed by atoms with Crippen molar-refractivity contribution in [3.05, 3.63) is 0 Å². The number of β-amino-alcohol motifs (C(OH)–C–C–N with tert-alkyl or cyclic N) is 1. The molecule has 0 bridgehead atoms. The van der Waals surface area contributed by atoms with Crippen LogP contribution in [-0.2, 0) is 14.3 Å². The van der Waals surface area contributed by atoms with Gasteiger partial charge in [0.15, 0.2) is 0 Å². The van der Waals surface area contributed by atoms with Gasteiger partial charge in [-0.2, -0.15) is 0 Å². The second-order valence-electron chi connectivity index (χ2n) is 8.20. The van der Waals surface area contributed by atoms with Gasteiger partial charge in [-0.05, 0) is 25.7 Å². The van der Waals surface area contributed by atoms with Gasteiger partial charge in [0.1, 0.15) is 0 Å². The molecule has 7 nitrogen and oxygen atoms in total. The number of carbonyl (C=O) groups is 1. The highest BCUT2D eigenvalue weighted by Gasteiger charge is 2.23. The summed E-state index contributed by atoms with van der Waals surface area (Å²) in [6, 6.07) is 0. The Kier molecular flexibility index (Phi) is 8.80. The maximum absolute atomic E-state index is 12.5. The van der Waals surface area contributed by atoms with Crippen LogP contribution in [0, 0.1) is 0 Å². The van der Waals surface area contributed by atoms with Gasteiger partial charge in [-0.1, -0.05) is 12.8 Å². The van der Waals surface area contributed by atoms with Crippen LogP contribution in [0.15, 0.2) is 0 Å². The summed E-state index contributed by atoms with van der Waals surface area (Å²) in [7, 11) is 0. The third kappa shape index (κ3) is 7.31. The number of ether oxygens (including phenoxy) is 2. The molecular weight excluding hydrogens is 346 g/mol. The average molecular weight is 384 g/mol. The van der Waals surface area contributed by atoms with E-state index in [0.717, 1.165) is 71.6 Å². The fourth-order valence-electron chi connectivity index (χ4n) is 4.20. The number of nitrogens with zero attached hydrogens (tertiary/aromatic N) is 3. The van der Waals surface area contributed by atoms with Crippen molar-refractivity contribution in [3.8, 4) is 0 Å². The van der Waals surface area contributed by atoms with Crippen LogP contribution in [-0.4, -0.2) is 110 Å². The summed E-state index contributed by atoms with van der Waals surface area (Å²) in [5, 5.41) is 10.2. The number of likely N-dealkylation sites (tertiary alicyclic amines) is 1. The SMILES string of the molecule is O=C(CN1CCN(CC(O)COCC2CCCO2)CC1)N1CCCCCC1. The Morgan fingerprint density at radius 1 is 1.00 bits per heavy atom. The van der Waals surface area contributed by atoms with Crippen molar-refractivity contribution >= 4 is 5.91 Å². The fourth-order valence-corrected chi connectivity index (χ4v) is 4.20. The van der Waals surface area contributed by atoms with Gasteiger partial charge < -0.3 is 19.5 Å². The zero-order chi connectivity index (χ0) is 18.9. The van der Waals surface area contributed by atoms with Gasteiger partial charge >= 0.3 is 0 Å². The van der Waals surface area contributed by atoms with Gasteiger partial charge in [0, 0.05) is 52.4 Å². The van der Waals surface area contributed by atoms with E-state index < -0.39 is 6.10 Å². The largest absolute Gasteiger partial charge is 0.389 e. The highest BCUT2D eigenvalue weighted by atomic mass is 16.5. The zero-order valence-corrected chi connectivity index (χ0v) is 16.7. The van der Waals surface area contributed by atoms with E-state index in [-0.39, 0.29) is 12.0 Å². The molecule has 3 aliphatic heterocycles. The van der Waals surface area contributed by atoms with E-state index >= 15 is 0 Å². The average Bonchev–Trinajstić information content (AvgIpc) is 3.03. The van der Waals surface area contributed by atoms with E-state index in [9.17, 15) is 9.90 Å². The molecule has 0 aliphatic carbocycles. The Hall–Kier alpha value is -0.730. The van der Waals surface area contributed by atoms with Crippen molar-refractivity contribution < 1.29 is 19.4 Å². The summed E-state index contributed by atoms with van der Waals surface area (Å²) in [6.07, 6.45) is 6.72. The van der Waals surface area contributed by atoms with Crippen LogP contribution in [0.4, 0.5) is 0 Å². The molecule has 0 aromatic carbocycles. The lowest BCUT2D eigenvalue weighted by Gasteiger charge is -2.36. The first-order valence-electron chi connectivity index (χ1n) is 10.8. The smallest absolute Gasteiger partial charge is 0.236 e. The summed E-state index contributed by atoms with van der Waals surface area (Å²) < 4.78 is 11.1. The van der Waals surface area contributed by atoms with E-state index in [2.05, 4.69) is 14.7 Å². The van der Waals surface area contributed by atoms with Crippen molar-refractivity contribution in [2.45, 2.75) is 50.7 Å². The summed E-state index contributed by atoms with van der Waals surface area (Å²) >= 11 is 0. The predicted octanol–water partition coefficient (Wildman–Crippen LogP) is 0.563. The minimum absolute atomic E-state index is 0.211. The Bertz CT molecular complexity index is 429. The van der Waals surface area contributed by atoms with Crippen LogP contribution in [0.25, 0.3) is 0 Å². The van der Waals surface area contributed by atoms with E-state index in [1.165, 1.54) is 12.8 Å². The van der Waals surface area contributed by atoms with Gasteiger partial charge in [0.25, 0.3) is 0 Å². The van der Waals surface area contributed by atoms with Crippen LogP contribution < -0.4 is 0 Å². The molecular formula is C20H37N3O4. The summed E-state index contributed by atoms with van der Waals surface area (Å²) in [5.74, 6) is 0.285. The molecule has 0 aromatic heterocycles. The topological polar surface area (TPSA) is 65.5 Å². The van der Waals surface area contributed by atoms with Crippen LogP contribution in [0.2, 0.25) is 0 Å². The number of carbonyl (C=O) groups excluding carboxylic acids is 1. The highest BCUT2D eigenvalue weighted by molar-refractivity contribution is 5.78. The first-order valence-corrected chi connectivity index (χ1v) is 10.8. The molecule has 3 aliphatic rings. The van der Waals surface area contributed by atoms with Crippen molar-refractivity contribution in [1.29, 1.82) is 0 Å². The second kappa shape index (κ2) is 11.3. The third-order valence-electron chi connectivity index (χ3n) is 5.89. The molecule has 0 saturated carbocycles. The second-order valence-corrected chi connectivity index (χ2v) is 8.20. The van der Waals surface area contributed by atoms with Gasteiger partial charge in [-0.3, -0.25) is 14.6 Å². The Balaban J connectivity index is 1.27. The molecule has 3 rings (SSSR count). The molecule has 1 N–H and O–H groups in total. The van der Waals surface area contributed by atoms with E-state index in [1.54, 1.807) is 0 Å². The minimum Gasteiger partial charge on any atom is -0.389 e. The summed E-state index contributed by atoms with van der Waals surface area (Å²) in [4.78, 5) is 19.1. The van der Waals surface area contributed by atoms with Gasteiger partial charge in [0.05, 0.1) is 32.0 Å². The van der Waals surface area contributed by atoms with Gasteiger partial charge in [-0.15, -0.1) is 0 Å². The first kappa shape index (κ1) is 21.0. The van der Waals surface area contributed by atoms with Crippen molar-refractivity contribution in [1.82, 2.24) is 14.7 Å². The number of piperazine rings is 1. The summed E-state index contributed by atoms with van der Waals surface area (Å²) in [5.41, 5.74) is 0. The third-order valence-corrected chi connectivity index (χ3v) is 5.89. The molecule has 3 fully saturated rings. The standard InChI is InChI=1S/C20H37N3O4/c24-18(16-26-17-19-6-5-13-27-19)14-21-9-11-22(12-10-21)15-20(25)23-7-3-1-2-4-8-23/h18-19,24H,1-17H2. The number of aliphatic hydroxyl groups excluding tert-OH is 1. The van der Waals surface area contributed by atoms with Crippen LogP contribution in [0.1, 0.15) is 38.5 Å². The predicted molar refractivity (Wildman–Crippen MR) is 104 cm³/mol. The number of aliphatic hydroxyl groups is 1. The molecule has 2 atom stereocenters. The highest BCUT2D eigenvalue weighted by Crippen LogP contribution is 2.13. The molecule has 27 heavy (non-hydrogen) atoms. The molecule has 156 valence electrons. The number of amides is 1. The van der Waals surface area contributed by atoms with Crippen LogP contribution in [0.5, 0.6) is 0 Å². The molecule has 0 aromatic rings. The Labute approximate surface area is 163 Å². The number of hydrogen-bond donors (Lipinski definition) is 1. The monoisotopic (exact) mass is 383 g/mol. The molecule has 3 saturated heterocycles. The molecule has 2 unspecified atom stereocenters. The lowest BCUT2D eigenvalue weighted by atomic mass is 10.2. The number of rotatable bonds is 8. The normalized spacial score (nSPS) is 26.9. The van der Waals surface area contributed by atoms with Gasteiger partial charge in [0.2, 0.25) is 5.91 Å². The molecule has 0 spiro atoms. The van der Waals surface area contributed by atoms with Crippen molar-refractivity contribution in [2.24, 2.45) is 0 Å². The molecule has 1 amide bonds.